The summed E-state index contributed by atoms with van der Waals surface area (Å²) in [5.74, 6) is 0.537. The summed E-state index contributed by atoms with van der Waals surface area (Å²) in [5, 5.41) is 0. The van der Waals surface area contributed by atoms with Gasteiger partial charge in [-0.15, -0.1) is 0 Å². The lowest BCUT2D eigenvalue weighted by molar-refractivity contribution is 0.985. The highest BCUT2D eigenvalue weighted by Gasteiger charge is 2.18. The summed E-state index contributed by atoms with van der Waals surface area (Å²) in [4.78, 5) is 0. The second-order valence-electron chi connectivity index (χ2n) is 3.96. The maximum absolute atomic E-state index is 5.73. The molecule has 0 spiro atoms. The highest BCUT2D eigenvalue weighted by atomic mass is 14.5. The van der Waals surface area contributed by atoms with Gasteiger partial charge in [-0.1, -0.05) is 38.1 Å². The SMILES string of the molecule is CCc1ccc2c(c1)C(CN)=CC2C. The van der Waals surface area contributed by atoms with E-state index in [1.807, 2.05) is 0 Å². The minimum Gasteiger partial charge on any atom is -0.326 e. The first-order valence-corrected chi connectivity index (χ1v) is 5.30. The molecule has 0 heterocycles. The van der Waals surface area contributed by atoms with Gasteiger partial charge in [-0.25, -0.2) is 0 Å². The van der Waals surface area contributed by atoms with Crippen LogP contribution in [0.4, 0.5) is 0 Å². The van der Waals surface area contributed by atoms with Crippen LogP contribution >= 0.6 is 0 Å². The zero-order valence-corrected chi connectivity index (χ0v) is 8.88. The van der Waals surface area contributed by atoms with E-state index in [0.717, 1.165) is 6.42 Å². The molecule has 1 aromatic carbocycles. The molecular formula is C13H17N. The van der Waals surface area contributed by atoms with Crippen LogP contribution in [0.2, 0.25) is 0 Å². The van der Waals surface area contributed by atoms with Crippen LogP contribution in [0, 0.1) is 0 Å². The summed E-state index contributed by atoms with van der Waals surface area (Å²) in [6.45, 7) is 5.07. The van der Waals surface area contributed by atoms with Gasteiger partial charge in [0.2, 0.25) is 0 Å². The van der Waals surface area contributed by atoms with Gasteiger partial charge in [-0.3, -0.25) is 0 Å². The molecule has 14 heavy (non-hydrogen) atoms. The normalized spacial score (nSPS) is 19.4. The van der Waals surface area contributed by atoms with E-state index in [1.165, 1.54) is 22.3 Å². The molecule has 0 aromatic heterocycles. The van der Waals surface area contributed by atoms with Crippen LogP contribution in [-0.4, -0.2) is 6.54 Å². The van der Waals surface area contributed by atoms with Crippen molar-refractivity contribution in [2.45, 2.75) is 26.2 Å². The molecular weight excluding hydrogens is 170 g/mol. The van der Waals surface area contributed by atoms with E-state index in [-0.39, 0.29) is 0 Å². The molecule has 1 aliphatic carbocycles. The number of hydrogen-bond acceptors (Lipinski definition) is 1. The fourth-order valence-corrected chi connectivity index (χ4v) is 2.16. The zero-order valence-electron chi connectivity index (χ0n) is 8.88. The predicted molar refractivity (Wildman–Crippen MR) is 61.3 cm³/mol. The third-order valence-corrected chi connectivity index (χ3v) is 3.03. The lowest BCUT2D eigenvalue weighted by Gasteiger charge is -2.07. The Kier molecular flexibility index (Phi) is 2.42. The van der Waals surface area contributed by atoms with Crippen molar-refractivity contribution in [1.82, 2.24) is 0 Å². The predicted octanol–water partition coefficient (Wildman–Crippen LogP) is 2.71. The molecule has 1 aliphatic rings. The lowest BCUT2D eigenvalue weighted by Crippen LogP contribution is -2.01. The monoisotopic (exact) mass is 187 g/mol. The van der Waals surface area contributed by atoms with Gasteiger partial charge in [0.05, 0.1) is 0 Å². The van der Waals surface area contributed by atoms with Crippen LogP contribution in [-0.2, 0) is 6.42 Å². The van der Waals surface area contributed by atoms with Crippen LogP contribution in [0.15, 0.2) is 24.3 Å². The van der Waals surface area contributed by atoms with Crippen molar-refractivity contribution in [3.63, 3.8) is 0 Å². The van der Waals surface area contributed by atoms with E-state index >= 15 is 0 Å². The third kappa shape index (κ3) is 1.38. The van der Waals surface area contributed by atoms with E-state index in [9.17, 15) is 0 Å². The van der Waals surface area contributed by atoms with E-state index in [2.05, 4.69) is 38.1 Å². The average molecular weight is 187 g/mol. The molecule has 1 atom stereocenters. The lowest BCUT2D eigenvalue weighted by atomic mass is 9.98. The van der Waals surface area contributed by atoms with Crippen molar-refractivity contribution >= 4 is 5.57 Å². The fourth-order valence-electron chi connectivity index (χ4n) is 2.16. The van der Waals surface area contributed by atoms with Gasteiger partial charge in [-0.2, -0.15) is 0 Å². The Balaban J connectivity index is 2.49. The molecule has 74 valence electrons. The molecule has 2 N–H and O–H groups in total. The van der Waals surface area contributed by atoms with Gasteiger partial charge in [0.25, 0.3) is 0 Å². The Labute approximate surface area is 85.6 Å². The fraction of sp³-hybridized carbons (Fsp3) is 0.385. The highest BCUT2D eigenvalue weighted by Crippen LogP contribution is 2.35. The highest BCUT2D eigenvalue weighted by molar-refractivity contribution is 5.76. The molecule has 1 unspecified atom stereocenters. The molecule has 0 fully saturated rings. The average Bonchev–Trinajstić information content (AvgIpc) is 2.55. The number of hydrogen-bond donors (Lipinski definition) is 1. The zero-order chi connectivity index (χ0) is 10.1. The van der Waals surface area contributed by atoms with Crippen LogP contribution in [0.5, 0.6) is 0 Å². The van der Waals surface area contributed by atoms with Gasteiger partial charge in [-0.05, 0) is 28.7 Å². The van der Waals surface area contributed by atoms with Crippen molar-refractivity contribution in [2.75, 3.05) is 6.54 Å². The first-order chi connectivity index (χ1) is 6.76. The molecule has 1 heteroatoms. The van der Waals surface area contributed by atoms with E-state index in [4.69, 9.17) is 5.73 Å². The molecule has 0 radical (unpaired) electrons. The van der Waals surface area contributed by atoms with Crippen LogP contribution in [0.3, 0.4) is 0 Å². The number of aryl methyl sites for hydroxylation is 1. The van der Waals surface area contributed by atoms with Crippen LogP contribution in [0.25, 0.3) is 5.57 Å². The number of fused-ring (bicyclic) bond motifs is 1. The molecule has 2 rings (SSSR count). The first-order valence-electron chi connectivity index (χ1n) is 5.30. The topological polar surface area (TPSA) is 26.0 Å². The summed E-state index contributed by atoms with van der Waals surface area (Å²) in [6.07, 6.45) is 3.38. The van der Waals surface area contributed by atoms with Crippen LogP contribution in [0.1, 0.15) is 36.5 Å². The summed E-state index contributed by atoms with van der Waals surface area (Å²) in [5.41, 5.74) is 11.2. The van der Waals surface area contributed by atoms with E-state index in [1.54, 1.807) is 0 Å². The molecule has 0 amide bonds. The minimum absolute atomic E-state index is 0.537. The quantitative estimate of drug-likeness (QED) is 0.757. The van der Waals surface area contributed by atoms with Gasteiger partial charge < -0.3 is 5.73 Å². The number of nitrogens with two attached hydrogens (primary N) is 1. The summed E-state index contributed by atoms with van der Waals surface area (Å²) < 4.78 is 0. The van der Waals surface area contributed by atoms with Gasteiger partial charge in [0, 0.05) is 12.5 Å². The Bertz CT molecular complexity index is 377. The second-order valence-corrected chi connectivity index (χ2v) is 3.96. The number of benzene rings is 1. The number of rotatable bonds is 2. The first kappa shape index (κ1) is 9.47. The maximum atomic E-state index is 5.73. The molecule has 0 bridgehead atoms. The standard InChI is InChI=1S/C13H17N/c1-3-10-4-5-12-9(2)6-11(8-14)13(12)7-10/h4-7,9H,3,8,14H2,1-2H3. The Hall–Kier alpha value is -1.08. The van der Waals surface area contributed by atoms with Crippen molar-refractivity contribution < 1.29 is 0 Å². The molecule has 1 aromatic rings. The van der Waals surface area contributed by atoms with Crippen molar-refractivity contribution in [3.8, 4) is 0 Å². The largest absolute Gasteiger partial charge is 0.326 e. The van der Waals surface area contributed by atoms with Gasteiger partial charge in [0.15, 0.2) is 0 Å². The Morgan fingerprint density at radius 1 is 1.36 bits per heavy atom. The van der Waals surface area contributed by atoms with Crippen molar-refractivity contribution in [3.05, 3.63) is 41.0 Å². The Morgan fingerprint density at radius 3 is 2.79 bits per heavy atom. The molecule has 1 nitrogen and oxygen atoms in total. The Morgan fingerprint density at radius 2 is 2.14 bits per heavy atom. The smallest absolute Gasteiger partial charge is 0.0181 e. The minimum atomic E-state index is 0.537. The van der Waals surface area contributed by atoms with E-state index < -0.39 is 0 Å². The van der Waals surface area contributed by atoms with Crippen molar-refractivity contribution in [1.29, 1.82) is 0 Å². The van der Waals surface area contributed by atoms with E-state index in [0.29, 0.717) is 12.5 Å². The van der Waals surface area contributed by atoms with Crippen molar-refractivity contribution in [2.24, 2.45) is 5.73 Å². The molecule has 0 saturated carbocycles. The second kappa shape index (κ2) is 3.58. The third-order valence-electron chi connectivity index (χ3n) is 3.03. The van der Waals surface area contributed by atoms with Gasteiger partial charge in [0.1, 0.15) is 0 Å². The molecule has 0 aliphatic heterocycles. The van der Waals surface area contributed by atoms with Gasteiger partial charge >= 0.3 is 0 Å². The maximum Gasteiger partial charge on any atom is 0.0181 e. The number of allylic oxidation sites excluding steroid dienone is 1. The molecule has 0 saturated heterocycles. The summed E-state index contributed by atoms with van der Waals surface area (Å²) in [7, 11) is 0. The van der Waals surface area contributed by atoms with Crippen LogP contribution < -0.4 is 5.73 Å². The summed E-state index contributed by atoms with van der Waals surface area (Å²) >= 11 is 0. The summed E-state index contributed by atoms with van der Waals surface area (Å²) in [6, 6.07) is 6.76.